The molecule has 1 aromatic carbocycles. The van der Waals surface area contributed by atoms with Gasteiger partial charge in [0.25, 0.3) is 5.56 Å². The average Bonchev–Trinajstić information content (AvgIpc) is 2.47. The van der Waals surface area contributed by atoms with Crippen molar-refractivity contribution in [1.29, 1.82) is 0 Å². The third-order valence-corrected chi connectivity index (χ3v) is 2.80. The maximum Gasteiger partial charge on any atom is 0.337 e. The van der Waals surface area contributed by atoms with E-state index in [0.717, 1.165) is 0 Å². The number of nitrogens with zero attached hydrogens (tertiary/aromatic N) is 1. The number of pyridine rings is 1. The SMILES string of the molecule is COc1ccc(-n2cc(C(=O)O)ccc2=O)c(OC)c1. The molecule has 6 nitrogen and oxygen atoms in total. The molecule has 0 fully saturated rings. The van der Waals surface area contributed by atoms with Gasteiger partial charge in [0, 0.05) is 18.3 Å². The fraction of sp³-hybridized carbons (Fsp3) is 0.143. The Balaban J connectivity index is 2.64. The molecular formula is C14H13NO5. The second kappa shape index (κ2) is 5.48. The van der Waals surface area contributed by atoms with Gasteiger partial charge in [-0.2, -0.15) is 0 Å². The van der Waals surface area contributed by atoms with Gasteiger partial charge in [-0.3, -0.25) is 9.36 Å². The van der Waals surface area contributed by atoms with E-state index in [1.54, 1.807) is 18.2 Å². The zero-order valence-electron chi connectivity index (χ0n) is 11.0. The fourth-order valence-electron chi connectivity index (χ4n) is 1.79. The number of aromatic nitrogens is 1. The number of hydrogen-bond acceptors (Lipinski definition) is 4. The van der Waals surface area contributed by atoms with Crippen molar-refractivity contribution in [2.24, 2.45) is 0 Å². The Hall–Kier alpha value is -2.76. The van der Waals surface area contributed by atoms with Gasteiger partial charge < -0.3 is 14.6 Å². The molecule has 0 amide bonds. The maximum absolute atomic E-state index is 11.9. The van der Waals surface area contributed by atoms with Crippen LogP contribution in [0.4, 0.5) is 0 Å². The van der Waals surface area contributed by atoms with Gasteiger partial charge in [-0.25, -0.2) is 4.79 Å². The Morgan fingerprint density at radius 2 is 1.90 bits per heavy atom. The third-order valence-electron chi connectivity index (χ3n) is 2.80. The molecule has 104 valence electrons. The fourth-order valence-corrected chi connectivity index (χ4v) is 1.79. The normalized spacial score (nSPS) is 10.1. The number of methoxy groups -OCH3 is 2. The average molecular weight is 275 g/mol. The molecule has 1 heterocycles. The van der Waals surface area contributed by atoms with Crippen molar-refractivity contribution in [2.75, 3.05) is 14.2 Å². The van der Waals surface area contributed by atoms with Crippen LogP contribution in [0.1, 0.15) is 10.4 Å². The second-order valence-corrected chi connectivity index (χ2v) is 3.97. The van der Waals surface area contributed by atoms with Crippen molar-refractivity contribution in [3.8, 4) is 17.2 Å². The molecule has 2 rings (SSSR count). The largest absolute Gasteiger partial charge is 0.497 e. The van der Waals surface area contributed by atoms with E-state index in [4.69, 9.17) is 14.6 Å². The summed E-state index contributed by atoms with van der Waals surface area (Å²) in [6.07, 6.45) is 1.26. The molecule has 1 N–H and O–H groups in total. The predicted octanol–water partition coefficient (Wildman–Crippen LogP) is 1.55. The molecule has 2 aromatic rings. The third kappa shape index (κ3) is 2.49. The van der Waals surface area contributed by atoms with Crippen LogP contribution in [0.3, 0.4) is 0 Å². The van der Waals surface area contributed by atoms with Crippen LogP contribution in [0.5, 0.6) is 11.5 Å². The smallest absolute Gasteiger partial charge is 0.337 e. The minimum Gasteiger partial charge on any atom is -0.497 e. The lowest BCUT2D eigenvalue weighted by molar-refractivity contribution is 0.0696. The first-order chi connectivity index (χ1) is 9.56. The number of carbonyl (C=O) groups is 1. The van der Waals surface area contributed by atoms with E-state index in [1.165, 1.54) is 37.1 Å². The van der Waals surface area contributed by atoms with Gasteiger partial charge in [0.05, 0.1) is 25.5 Å². The lowest BCUT2D eigenvalue weighted by Crippen LogP contribution is -2.19. The highest BCUT2D eigenvalue weighted by Crippen LogP contribution is 2.26. The van der Waals surface area contributed by atoms with E-state index >= 15 is 0 Å². The number of rotatable bonds is 4. The summed E-state index contributed by atoms with van der Waals surface area (Å²) in [5.74, 6) is -0.117. The van der Waals surface area contributed by atoms with Crippen molar-refractivity contribution in [3.63, 3.8) is 0 Å². The molecule has 0 unspecified atom stereocenters. The lowest BCUT2D eigenvalue weighted by atomic mass is 10.2. The molecule has 0 saturated heterocycles. The molecule has 0 saturated carbocycles. The van der Waals surface area contributed by atoms with E-state index in [0.29, 0.717) is 17.2 Å². The van der Waals surface area contributed by atoms with Crippen LogP contribution >= 0.6 is 0 Å². The number of carboxylic acids is 1. The summed E-state index contributed by atoms with van der Waals surface area (Å²) in [6.45, 7) is 0. The van der Waals surface area contributed by atoms with Gasteiger partial charge in [0.2, 0.25) is 0 Å². The van der Waals surface area contributed by atoms with Crippen molar-refractivity contribution >= 4 is 5.97 Å². The van der Waals surface area contributed by atoms with E-state index in [-0.39, 0.29) is 11.1 Å². The second-order valence-electron chi connectivity index (χ2n) is 3.97. The Kier molecular flexibility index (Phi) is 3.74. The summed E-state index contributed by atoms with van der Waals surface area (Å²) >= 11 is 0. The number of aromatic carboxylic acids is 1. The number of benzene rings is 1. The Labute approximate surface area is 114 Å². The lowest BCUT2D eigenvalue weighted by Gasteiger charge is -2.12. The summed E-state index contributed by atoms with van der Waals surface area (Å²) < 4.78 is 11.5. The minimum atomic E-state index is -1.11. The van der Waals surface area contributed by atoms with Crippen LogP contribution in [0.25, 0.3) is 5.69 Å². The molecule has 0 aliphatic carbocycles. The summed E-state index contributed by atoms with van der Waals surface area (Å²) in [5, 5.41) is 8.99. The zero-order chi connectivity index (χ0) is 14.7. The van der Waals surface area contributed by atoms with E-state index in [9.17, 15) is 9.59 Å². The number of ether oxygens (including phenoxy) is 2. The van der Waals surface area contributed by atoms with Crippen LogP contribution in [-0.2, 0) is 0 Å². The molecule has 0 aliphatic heterocycles. The summed E-state index contributed by atoms with van der Waals surface area (Å²) in [4.78, 5) is 22.9. The van der Waals surface area contributed by atoms with Crippen molar-refractivity contribution in [1.82, 2.24) is 4.57 Å². The van der Waals surface area contributed by atoms with Crippen LogP contribution < -0.4 is 15.0 Å². The Bertz CT molecular complexity index is 705. The number of hydrogen-bond donors (Lipinski definition) is 1. The van der Waals surface area contributed by atoms with Crippen molar-refractivity contribution in [3.05, 3.63) is 52.4 Å². The van der Waals surface area contributed by atoms with Gasteiger partial charge in [-0.1, -0.05) is 0 Å². The van der Waals surface area contributed by atoms with Crippen LogP contribution in [0, 0.1) is 0 Å². The van der Waals surface area contributed by atoms with Gasteiger partial charge in [0.15, 0.2) is 0 Å². The van der Waals surface area contributed by atoms with Gasteiger partial charge in [-0.15, -0.1) is 0 Å². The summed E-state index contributed by atoms with van der Waals surface area (Å²) in [7, 11) is 2.98. The quantitative estimate of drug-likeness (QED) is 0.916. The van der Waals surface area contributed by atoms with Crippen molar-refractivity contribution < 1.29 is 19.4 Å². The molecule has 0 spiro atoms. The Morgan fingerprint density at radius 1 is 1.15 bits per heavy atom. The van der Waals surface area contributed by atoms with Crippen LogP contribution in [0.15, 0.2) is 41.3 Å². The highest BCUT2D eigenvalue weighted by molar-refractivity contribution is 5.87. The zero-order valence-corrected chi connectivity index (χ0v) is 11.0. The molecular weight excluding hydrogens is 262 g/mol. The standard InChI is InChI=1S/C14H13NO5/c1-19-10-4-5-11(12(7-10)20-2)15-8-9(14(17)18)3-6-13(15)16/h3-8H,1-2H3,(H,17,18). The molecule has 0 bridgehead atoms. The maximum atomic E-state index is 11.9. The first kappa shape index (κ1) is 13.7. The van der Waals surface area contributed by atoms with E-state index in [2.05, 4.69) is 0 Å². The monoisotopic (exact) mass is 275 g/mol. The molecule has 1 aromatic heterocycles. The topological polar surface area (TPSA) is 77.8 Å². The first-order valence-electron chi connectivity index (χ1n) is 5.75. The van der Waals surface area contributed by atoms with Crippen LogP contribution in [-0.4, -0.2) is 29.9 Å². The van der Waals surface area contributed by atoms with Gasteiger partial charge >= 0.3 is 5.97 Å². The van der Waals surface area contributed by atoms with E-state index < -0.39 is 5.97 Å². The van der Waals surface area contributed by atoms with Gasteiger partial charge in [-0.05, 0) is 18.2 Å². The summed E-state index contributed by atoms with van der Waals surface area (Å²) in [6, 6.07) is 7.38. The van der Waals surface area contributed by atoms with Crippen molar-refractivity contribution in [2.45, 2.75) is 0 Å². The molecule has 20 heavy (non-hydrogen) atoms. The number of carboxylic acid groups (broad SMARTS) is 1. The molecule has 6 heteroatoms. The molecule has 0 aliphatic rings. The van der Waals surface area contributed by atoms with E-state index in [1.807, 2.05) is 0 Å². The minimum absolute atomic E-state index is 0.0162. The molecule has 0 radical (unpaired) electrons. The highest BCUT2D eigenvalue weighted by Gasteiger charge is 2.11. The molecule has 0 atom stereocenters. The summed E-state index contributed by atoms with van der Waals surface area (Å²) in [5.41, 5.74) is 0.113. The highest BCUT2D eigenvalue weighted by atomic mass is 16.5. The predicted molar refractivity (Wildman–Crippen MR) is 72.1 cm³/mol. The Morgan fingerprint density at radius 3 is 2.50 bits per heavy atom. The van der Waals surface area contributed by atoms with Crippen LogP contribution in [0.2, 0.25) is 0 Å². The first-order valence-corrected chi connectivity index (χ1v) is 5.75. The van der Waals surface area contributed by atoms with Gasteiger partial charge in [0.1, 0.15) is 11.5 Å².